The summed E-state index contributed by atoms with van der Waals surface area (Å²) in [5, 5.41) is 3.57. The number of likely N-dealkylation sites (tertiary alicyclic amines) is 1. The van der Waals surface area contributed by atoms with Crippen molar-refractivity contribution in [3.63, 3.8) is 0 Å². The summed E-state index contributed by atoms with van der Waals surface area (Å²) in [6.45, 7) is 5.20. The van der Waals surface area contributed by atoms with Crippen LogP contribution >= 0.6 is 0 Å². The smallest absolute Gasteiger partial charge is 0.269 e. The fourth-order valence-electron chi connectivity index (χ4n) is 4.97. The van der Waals surface area contributed by atoms with Crippen molar-refractivity contribution in [2.75, 3.05) is 39.3 Å². The van der Waals surface area contributed by atoms with Crippen LogP contribution in [0.15, 0.2) is 59.6 Å². The number of benzene rings is 2. The molecule has 1 saturated heterocycles. The van der Waals surface area contributed by atoms with Gasteiger partial charge in [0.15, 0.2) is 5.65 Å². The van der Waals surface area contributed by atoms with E-state index in [0.717, 1.165) is 22.4 Å². The molecule has 1 amide bonds. The SMILES string of the molecule is CCOc1nc(Nc2ccc(C(=O)N3CCC[C@@H]3COC)cc2OC)nc2c1ccn2S(=O)(=O)c1ccc(C)cc1. The molecule has 1 aliphatic heterocycles. The maximum absolute atomic E-state index is 13.5. The Balaban J connectivity index is 1.50. The van der Waals surface area contributed by atoms with Gasteiger partial charge in [0.1, 0.15) is 5.75 Å². The molecule has 2 aromatic carbocycles. The number of fused-ring (bicyclic) bond motifs is 1. The number of methoxy groups -OCH3 is 2. The van der Waals surface area contributed by atoms with Gasteiger partial charge in [0.05, 0.1) is 42.3 Å². The molecule has 3 heterocycles. The third kappa shape index (κ3) is 5.57. The zero-order valence-corrected chi connectivity index (χ0v) is 24.3. The molecule has 11 nitrogen and oxygen atoms in total. The first-order valence-corrected chi connectivity index (χ1v) is 14.8. The molecule has 4 aromatic rings. The molecule has 2 aromatic heterocycles. The van der Waals surface area contributed by atoms with E-state index in [0.29, 0.717) is 42.1 Å². The second kappa shape index (κ2) is 11.8. The van der Waals surface area contributed by atoms with E-state index in [1.165, 1.54) is 13.3 Å². The lowest BCUT2D eigenvalue weighted by Gasteiger charge is -2.24. The van der Waals surface area contributed by atoms with E-state index in [-0.39, 0.29) is 34.3 Å². The lowest BCUT2D eigenvalue weighted by atomic mass is 10.1. The van der Waals surface area contributed by atoms with Gasteiger partial charge in [-0.25, -0.2) is 12.4 Å². The second-order valence-electron chi connectivity index (χ2n) is 9.74. The van der Waals surface area contributed by atoms with Gasteiger partial charge in [-0.3, -0.25) is 4.79 Å². The minimum Gasteiger partial charge on any atom is -0.495 e. The zero-order chi connectivity index (χ0) is 29.1. The first-order chi connectivity index (χ1) is 19.8. The number of aromatic nitrogens is 3. The number of rotatable bonds is 10. The summed E-state index contributed by atoms with van der Waals surface area (Å²) in [6.07, 6.45) is 3.27. The second-order valence-corrected chi connectivity index (χ2v) is 11.6. The molecule has 1 atom stereocenters. The van der Waals surface area contributed by atoms with E-state index >= 15 is 0 Å². The first kappa shape index (κ1) is 28.4. The molecule has 1 N–H and O–H groups in total. The van der Waals surface area contributed by atoms with Crippen LogP contribution in [0.5, 0.6) is 11.6 Å². The number of anilines is 2. The third-order valence-electron chi connectivity index (χ3n) is 7.03. The monoisotopic (exact) mass is 579 g/mol. The van der Waals surface area contributed by atoms with Crippen LogP contribution in [-0.4, -0.2) is 73.2 Å². The summed E-state index contributed by atoms with van der Waals surface area (Å²) in [6, 6.07) is 13.4. The van der Waals surface area contributed by atoms with Gasteiger partial charge in [0.2, 0.25) is 11.8 Å². The predicted molar refractivity (Wildman–Crippen MR) is 155 cm³/mol. The molecule has 0 bridgehead atoms. The van der Waals surface area contributed by atoms with Gasteiger partial charge in [0, 0.05) is 25.4 Å². The molecule has 216 valence electrons. The van der Waals surface area contributed by atoms with E-state index in [1.54, 1.807) is 55.6 Å². The number of aryl methyl sites for hydroxylation is 1. The normalized spacial score (nSPS) is 15.3. The predicted octanol–water partition coefficient (Wildman–Crippen LogP) is 4.38. The van der Waals surface area contributed by atoms with Crippen LogP contribution in [0.25, 0.3) is 11.0 Å². The van der Waals surface area contributed by atoms with Gasteiger partial charge in [-0.1, -0.05) is 17.7 Å². The van der Waals surface area contributed by atoms with Crippen LogP contribution in [0.3, 0.4) is 0 Å². The van der Waals surface area contributed by atoms with E-state index in [9.17, 15) is 13.2 Å². The van der Waals surface area contributed by atoms with Crippen LogP contribution in [0.1, 0.15) is 35.7 Å². The summed E-state index contributed by atoms with van der Waals surface area (Å²) >= 11 is 0. The number of ether oxygens (including phenoxy) is 3. The molecule has 12 heteroatoms. The van der Waals surface area contributed by atoms with Crippen LogP contribution in [-0.2, 0) is 14.8 Å². The Kier molecular flexibility index (Phi) is 8.13. The number of carbonyl (C=O) groups is 1. The molecule has 5 rings (SSSR count). The first-order valence-electron chi connectivity index (χ1n) is 13.4. The molecule has 0 aliphatic carbocycles. The summed E-state index contributed by atoms with van der Waals surface area (Å²) in [5.41, 5.74) is 2.10. The lowest BCUT2D eigenvalue weighted by molar-refractivity contribution is 0.0630. The molecular formula is C29H33N5O6S. The molecule has 41 heavy (non-hydrogen) atoms. The van der Waals surface area contributed by atoms with Gasteiger partial charge in [-0.05, 0) is 63.1 Å². The summed E-state index contributed by atoms with van der Waals surface area (Å²) in [4.78, 5) is 24.3. The van der Waals surface area contributed by atoms with Crippen molar-refractivity contribution in [1.82, 2.24) is 18.8 Å². The molecule has 0 unspecified atom stereocenters. The van der Waals surface area contributed by atoms with Crippen LogP contribution in [0.4, 0.5) is 11.6 Å². The van der Waals surface area contributed by atoms with Crippen LogP contribution in [0, 0.1) is 6.92 Å². The minimum absolute atomic E-state index is 0.0424. The number of nitrogens with zero attached hydrogens (tertiary/aromatic N) is 4. The zero-order valence-electron chi connectivity index (χ0n) is 23.5. The fraction of sp³-hybridized carbons (Fsp3) is 0.345. The van der Waals surface area contributed by atoms with Gasteiger partial charge >= 0.3 is 0 Å². The van der Waals surface area contributed by atoms with Gasteiger partial charge in [-0.15, -0.1) is 0 Å². The molecular weight excluding hydrogens is 546 g/mol. The Hall–Kier alpha value is -4.16. The van der Waals surface area contributed by atoms with Crippen LogP contribution in [0.2, 0.25) is 0 Å². The van der Waals surface area contributed by atoms with Crippen molar-refractivity contribution in [3.8, 4) is 11.6 Å². The highest BCUT2D eigenvalue weighted by Gasteiger charge is 2.30. The highest BCUT2D eigenvalue weighted by molar-refractivity contribution is 7.90. The van der Waals surface area contributed by atoms with Crippen molar-refractivity contribution in [1.29, 1.82) is 0 Å². The number of carbonyl (C=O) groups excluding carboxylic acids is 1. The lowest BCUT2D eigenvalue weighted by Crippen LogP contribution is -2.38. The number of hydrogen-bond donors (Lipinski definition) is 1. The van der Waals surface area contributed by atoms with Crippen molar-refractivity contribution >= 4 is 38.6 Å². The van der Waals surface area contributed by atoms with Crippen molar-refractivity contribution in [2.45, 2.75) is 37.6 Å². The Morgan fingerprint density at radius 1 is 1.10 bits per heavy atom. The highest BCUT2D eigenvalue weighted by Crippen LogP contribution is 2.33. The fourth-order valence-corrected chi connectivity index (χ4v) is 6.26. The molecule has 0 radical (unpaired) electrons. The van der Waals surface area contributed by atoms with Crippen molar-refractivity contribution < 1.29 is 27.4 Å². The van der Waals surface area contributed by atoms with E-state index < -0.39 is 10.0 Å². The average molecular weight is 580 g/mol. The maximum Gasteiger partial charge on any atom is 0.269 e. The van der Waals surface area contributed by atoms with Gasteiger partial charge < -0.3 is 24.4 Å². The van der Waals surface area contributed by atoms with E-state index in [2.05, 4.69) is 15.3 Å². The molecule has 0 saturated carbocycles. The third-order valence-corrected chi connectivity index (χ3v) is 8.71. The summed E-state index contributed by atoms with van der Waals surface area (Å²) in [7, 11) is -0.796. The molecule has 1 fully saturated rings. The Morgan fingerprint density at radius 2 is 1.88 bits per heavy atom. The van der Waals surface area contributed by atoms with Crippen LogP contribution < -0.4 is 14.8 Å². The number of nitrogens with one attached hydrogen (secondary N) is 1. The van der Waals surface area contributed by atoms with Gasteiger partial charge in [0.25, 0.3) is 15.9 Å². The molecule has 1 aliphatic rings. The minimum atomic E-state index is -3.94. The molecule has 0 spiro atoms. The van der Waals surface area contributed by atoms with Gasteiger partial charge in [-0.2, -0.15) is 9.97 Å². The Morgan fingerprint density at radius 3 is 2.59 bits per heavy atom. The largest absolute Gasteiger partial charge is 0.495 e. The topological polar surface area (TPSA) is 125 Å². The Bertz CT molecular complexity index is 1670. The quantitative estimate of drug-likeness (QED) is 0.291. The maximum atomic E-state index is 13.5. The standard InChI is InChI=1S/C29H33N5O6S/c1-5-40-27-23-14-16-34(41(36,37)22-11-8-19(2)9-12-22)26(23)31-29(32-27)30-24-13-10-20(17-25(24)39-4)28(35)33-15-6-7-21(33)18-38-3/h8-14,16-17,21H,5-7,15,18H2,1-4H3,(H,30,31,32)/t21-/m1/s1. The number of hydrogen-bond acceptors (Lipinski definition) is 9. The van der Waals surface area contributed by atoms with E-state index in [1.807, 2.05) is 18.7 Å². The van der Waals surface area contributed by atoms with Crippen molar-refractivity contribution in [2.24, 2.45) is 0 Å². The van der Waals surface area contributed by atoms with E-state index in [4.69, 9.17) is 14.2 Å². The number of amides is 1. The Labute approximate surface area is 239 Å². The van der Waals surface area contributed by atoms with Crippen molar-refractivity contribution in [3.05, 3.63) is 65.9 Å². The average Bonchev–Trinajstić information content (AvgIpc) is 3.61. The summed E-state index contributed by atoms with van der Waals surface area (Å²) in [5.74, 6) is 0.659. The highest BCUT2D eigenvalue weighted by atomic mass is 32.2. The summed E-state index contributed by atoms with van der Waals surface area (Å²) < 4.78 is 44.8.